The fourth-order valence-corrected chi connectivity index (χ4v) is 5.72. The topological polar surface area (TPSA) is 29.1 Å². The molecule has 3 fully saturated rings. The van der Waals surface area contributed by atoms with Crippen molar-refractivity contribution in [3.05, 3.63) is 28.7 Å². The molecule has 1 amide bonds. The molecule has 3 aliphatic rings. The van der Waals surface area contributed by atoms with Gasteiger partial charge in [-0.25, -0.2) is 0 Å². The lowest BCUT2D eigenvalue weighted by Gasteiger charge is -2.05. The first kappa shape index (κ1) is 15.3. The number of hydrogen-bond donors (Lipinski definition) is 1. The van der Waals surface area contributed by atoms with Crippen molar-refractivity contribution in [2.75, 3.05) is 5.32 Å². The number of alkyl halides is 2. The van der Waals surface area contributed by atoms with E-state index in [1.807, 2.05) is 24.3 Å². The summed E-state index contributed by atoms with van der Waals surface area (Å²) in [4.78, 5) is 12.5. The molecule has 3 aliphatic carbocycles. The molecule has 1 N–H and O–H groups in total. The molecule has 1 aromatic carbocycles. The molecule has 22 heavy (non-hydrogen) atoms. The lowest BCUT2D eigenvalue weighted by molar-refractivity contribution is -0.117. The van der Waals surface area contributed by atoms with Crippen molar-refractivity contribution in [2.45, 2.75) is 30.0 Å². The fourth-order valence-electron chi connectivity index (χ4n) is 4.40. The molecule has 0 spiro atoms. The predicted octanol–water partition coefficient (Wildman–Crippen LogP) is 5.24. The van der Waals surface area contributed by atoms with Crippen LogP contribution in [-0.4, -0.2) is 10.2 Å². The minimum Gasteiger partial charge on any atom is -0.326 e. The number of halogens is 3. The molecule has 0 heterocycles. The highest BCUT2D eigenvalue weighted by atomic mass is 79.9. The number of amides is 1. The third-order valence-electron chi connectivity index (χ3n) is 5.71. The van der Waals surface area contributed by atoms with Crippen LogP contribution in [0.2, 0.25) is 0 Å². The van der Waals surface area contributed by atoms with Gasteiger partial charge in [0, 0.05) is 16.1 Å². The van der Waals surface area contributed by atoms with Crippen molar-refractivity contribution in [2.24, 2.45) is 29.6 Å². The van der Waals surface area contributed by atoms with E-state index in [-0.39, 0.29) is 11.8 Å². The van der Waals surface area contributed by atoms with E-state index in [4.69, 9.17) is 23.2 Å². The van der Waals surface area contributed by atoms with Crippen molar-refractivity contribution >= 4 is 50.7 Å². The van der Waals surface area contributed by atoms with Gasteiger partial charge >= 0.3 is 0 Å². The molecule has 4 atom stereocenters. The number of nitrogens with one attached hydrogen (secondary N) is 1. The number of anilines is 1. The minimum atomic E-state index is -0.481. The van der Waals surface area contributed by atoms with Crippen LogP contribution in [0.3, 0.4) is 0 Å². The van der Waals surface area contributed by atoms with Crippen LogP contribution >= 0.6 is 39.1 Å². The Labute approximate surface area is 149 Å². The molecule has 118 valence electrons. The highest BCUT2D eigenvalue weighted by molar-refractivity contribution is 9.10. The molecule has 1 aromatic rings. The van der Waals surface area contributed by atoms with Crippen LogP contribution in [0, 0.1) is 29.6 Å². The Morgan fingerprint density at radius 3 is 2.36 bits per heavy atom. The smallest absolute Gasteiger partial charge is 0.228 e. The molecule has 3 saturated carbocycles. The summed E-state index contributed by atoms with van der Waals surface area (Å²) in [6, 6.07) is 7.76. The second-order valence-electron chi connectivity index (χ2n) is 6.90. The molecular weight excluding hydrogens is 385 g/mol. The number of benzene rings is 1. The molecule has 0 radical (unpaired) electrons. The Bertz CT molecular complexity index is 598. The number of rotatable bonds is 2. The molecule has 2 nitrogen and oxygen atoms in total. The Balaban J connectivity index is 1.38. The normalized spacial score (nSPS) is 38.0. The average molecular weight is 403 g/mol. The maximum Gasteiger partial charge on any atom is 0.228 e. The highest BCUT2D eigenvalue weighted by Gasteiger charge is 2.65. The van der Waals surface area contributed by atoms with Crippen LogP contribution in [0.15, 0.2) is 28.7 Å². The Morgan fingerprint density at radius 2 is 1.77 bits per heavy atom. The zero-order valence-electron chi connectivity index (χ0n) is 12.1. The van der Waals surface area contributed by atoms with Crippen LogP contribution in [0.5, 0.6) is 0 Å². The Kier molecular flexibility index (Phi) is 3.75. The Hall–Kier alpha value is -0.250. The van der Waals surface area contributed by atoms with Gasteiger partial charge in [0.2, 0.25) is 5.91 Å². The van der Waals surface area contributed by atoms with E-state index in [9.17, 15) is 4.79 Å². The zero-order chi connectivity index (χ0) is 15.5. The van der Waals surface area contributed by atoms with Gasteiger partial charge < -0.3 is 5.32 Å². The van der Waals surface area contributed by atoms with Gasteiger partial charge in [-0.3, -0.25) is 4.79 Å². The second-order valence-corrected chi connectivity index (χ2v) is 9.26. The van der Waals surface area contributed by atoms with Gasteiger partial charge in [-0.15, -0.1) is 23.2 Å². The first-order valence-corrected chi connectivity index (χ1v) is 9.47. The standard InChI is InChI=1S/C17H18BrCl2NO/c18-9-2-1-3-10(8-9)21-16(22)15-11-4-6-13-14(17(13,19)20)7-5-12(11)15/h1-3,8,11-15H,4-7H2,(H,21,22). The van der Waals surface area contributed by atoms with E-state index >= 15 is 0 Å². The Morgan fingerprint density at radius 1 is 1.14 bits per heavy atom. The summed E-state index contributed by atoms with van der Waals surface area (Å²) in [6.07, 6.45) is 4.31. The van der Waals surface area contributed by atoms with Gasteiger partial charge in [0.25, 0.3) is 0 Å². The van der Waals surface area contributed by atoms with Crippen LogP contribution < -0.4 is 5.32 Å². The molecule has 0 saturated heterocycles. The van der Waals surface area contributed by atoms with Gasteiger partial charge in [-0.05, 0) is 67.6 Å². The van der Waals surface area contributed by atoms with Crippen molar-refractivity contribution in [1.82, 2.24) is 0 Å². The minimum absolute atomic E-state index is 0.173. The first-order chi connectivity index (χ1) is 10.5. The van der Waals surface area contributed by atoms with Gasteiger partial charge in [0.1, 0.15) is 4.33 Å². The first-order valence-electron chi connectivity index (χ1n) is 7.92. The van der Waals surface area contributed by atoms with Gasteiger partial charge in [0.15, 0.2) is 0 Å². The van der Waals surface area contributed by atoms with E-state index in [1.54, 1.807) is 0 Å². The molecule has 0 aliphatic heterocycles. The second kappa shape index (κ2) is 5.39. The van der Waals surface area contributed by atoms with Gasteiger partial charge in [-0.1, -0.05) is 22.0 Å². The van der Waals surface area contributed by atoms with Crippen molar-refractivity contribution in [3.8, 4) is 0 Å². The summed E-state index contributed by atoms with van der Waals surface area (Å²) in [5, 5.41) is 3.06. The summed E-state index contributed by atoms with van der Waals surface area (Å²) in [5.74, 6) is 2.30. The summed E-state index contributed by atoms with van der Waals surface area (Å²) < 4.78 is 0.498. The largest absolute Gasteiger partial charge is 0.326 e. The fraction of sp³-hybridized carbons (Fsp3) is 0.588. The molecular formula is C17H18BrCl2NO. The van der Waals surface area contributed by atoms with Crippen LogP contribution in [0.4, 0.5) is 5.69 Å². The van der Waals surface area contributed by atoms with Crippen LogP contribution in [0.1, 0.15) is 25.7 Å². The predicted molar refractivity (Wildman–Crippen MR) is 93.1 cm³/mol. The summed E-state index contributed by atoms with van der Waals surface area (Å²) in [7, 11) is 0. The van der Waals surface area contributed by atoms with E-state index in [0.717, 1.165) is 35.8 Å². The third kappa shape index (κ3) is 2.59. The number of carbonyl (C=O) groups excluding carboxylic acids is 1. The van der Waals surface area contributed by atoms with Gasteiger partial charge in [0.05, 0.1) is 0 Å². The lowest BCUT2D eigenvalue weighted by Crippen LogP contribution is -2.15. The van der Waals surface area contributed by atoms with Gasteiger partial charge in [-0.2, -0.15) is 0 Å². The molecule has 5 heteroatoms. The lowest BCUT2D eigenvalue weighted by atomic mass is 10.0. The van der Waals surface area contributed by atoms with E-state index in [1.165, 1.54) is 0 Å². The summed E-state index contributed by atoms with van der Waals surface area (Å²) in [6.45, 7) is 0. The summed E-state index contributed by atoms with van der Waals surface area (Å²) in [5.41, 5.74) is 0.863. The summed E-state index contributed by atoms with van der Waals surface area (Å²) >= 11 is 16.1. The quantitative estimate of drug-likeness (QED) is 0.673. The highest BCUT2D eigenvalue weighted by Crippen LogP contribution is 2.67. The van der Waals surface area contributed by atoms with Crippen molar-refractivity contribution in [3.63, 3.8) is 0 Å². The number of hydrogen-bond acceptors (Lipinski definition) is 1. The van der Waals surface area contributed by atoms with Crippen molar-refractivity contribution < 1.29 is 4.79 Å². The maximum atomic E-state index is 12.5. The van der Waals surface area contributed by atoms with Crippen LogP contribution in [-0.2, 0) is 4.79 Å². The van der Waals surface area contributed by atoms with E-state index in [2.05, 4.69) is 21.2 Å². The third-order valence-corrected chi connectivity index (χ3v) is 7.33. The molecule has 4 rings (SSSR count). The van der Waals surface area contributed by atoms with E-state index < -0.39 is 4.33 Å². The maximum absolute atomic E-state index is 12.5. The number of fused-ring (bicyclic) bond motifs is 2. The molecule has 0 bridgehead atoms. The van der Waals surface area contributed by atoms with Crippen molar-refractivity contribution in [1.29, 1.82) is 0 Å². The molecule has 4 unspecified atom stereocenters. The molecule has 0 aromatic heterocycles. The number of carbonyl (C=O) groups is 1. The zero-order valence-corrected chi connectivity index (χ0v) is 15.2. The average Bonchev–Trinajstić information content (AvgIpc) is 3.23. The van der Waals surface area contributed by atoms with Crippen LogP contribution in [0.25, 0.3) is 0 Å². The SMILES string of the molecule is O=C(Nc1cccc(Br)c1)C1C2CCC3C(CCC21)C3(Cl)Cl. The monoisotopic (exact) mass is 401 g/mol. The van der Waals surface area contributed by atoms with E-state index in [0.29, 0.717) is 23.7 Å².